The van der Waals surface area contributed by atoms with Gasteiger partial charge in [-0.1, -0.05) is 0 Å². The number of nitrogens with zero attached hydrogens (tertiary/aromatic N) is 5. The van der Waals surface area contributed by atoms with Crippen molar-refractivity contribution in [1.82, 2.24) is 24.0 Å². The summed E-state index contributed by atoms with van der Waals surface area (Å²) in [6.07, 6.45) is 8.37. The highest BCUT2D eigenvalue weighted by Gasteiger charge is 2.48. The van der Waals surface area contributed by atoms with E-state index in [9.17, 15) is 4.79 Å². The molecule has 1 spiro atoms. The zero-order valence-corrected chi connectivity index (χ0v) is 23.2. The van der Waals surface area contributed by atoms with Gasteiger partial charge in [0, 0.05) is 56.0 Å². The number of hydrogen-bond acceptors (Lipinski definition) is 6. The van der Waals surface area contributed by atoms with Crippen LogP contribution in [-0.4, -0.2) is 67.9 Å². The number of imidazole rings is 1. The molecule has 3 aromatic heterocycles. The molecule has 208 valence electrons. The number of carbonyl (C=O) groups excluding carboxylic acids is 1. The van der Waals surface area contributed by atoms with E-state index in [1.165, 1.54) is 0 Å². The van der Waals surface area contributed by atoms with Gasteiger partial charge in [-0.05, 0) is 80.7 Å². The van der Waals surface area contributed by atoms with Gasteiger partial charge in [0.2, 0.25) is 0 Å². The molecule has 4 aliphatic rings. The molecule has 2 saturated carbocycles. The minimum atomic E-state index is 0.0204. The Labute approximate surface area is 233 Å². The Morgan fingerprint density at radius 1 is 1.25 bits per heavy atom. The van der Waals surface area contributed by atoms with Gasteiger partial charge in [0.15, 0.2) is 5.82 Å². The summed E-state index contributed by atoms with van der Waals surface area (Å²) in [6.45, 7) is 2.43. The van der Waals surface area contributed by atoms with Crippen LogP contribution in [0, 0.1) is 11.8 Å². The fraction of sp³-hybridized carbons (Fsp3) is 0.516. The van der Waals surface area contributed by atoms with E-state index in [4.69, 9.17) is 20.2 Å². The molecule has 4 fully saturated rings. The van der Waals surface area contributed by atoms with Crippen LogP contribution in [0.2, 0.25) is 0 Å². The quantitative estimate of drug-likeness (QED) is 0.409. The van der Waals surface area contributed by atoms with Gasteiger partial charge in [-0.25, -0.2) is 9.97 Å². The molecule has 2 bridgehead atoms. The highest BCUT2D eigenvalue weighted by Crippen LogP contribution is 2.49. The lowest BCUT2D eigenvalue weighted by atomic mass is 9.69. The maximum Gasteiger partial charge on any atom is 0.254 e. The number of hydrogen-bond donors (Lipinski definition) is 1. The van der Waals surface area contributed by atoms with Crippen LogP contribution in [0.5, 0.6) is 5.75 Å². The van der Waals surface area contributed by atoms with E-state index < -0.39 is 0 Å². The van der Waals surface area contributed by atoms with Crippen LogP contribution in [0.25, 0.3) is 33.6 Å². The van der Waals surface area contributed by atoms with Gasteiger partial charge in [-0.15, -0.1) is 0 Å². The molecule has 5 heterocycles. The lowest BCUT2D eigenvalue weighted by Gasteiger charge is -2.44. The summed E-state index contributed by atoms with van der Waals surface area (Å²) >= 11 is 0. The van der Waals surface area contributed by atoms with Crippen LogP contribution in [0.3, 0.4) is 0 Å². The summed E-state index contributed by atoms with van der Waals surface area (Å²) in [5.41, 5.74) is 10.7. The predicted octanol–water partition coefficient (Wildman–Crippen LogP) is 4.12. The number of aryl methyl sites for hydroxylation is 1. The summed E-state index contributed by atoms with van der Waals surface area (Å²) in [6, 6.07) is 10.2. The number of nitrogens with two attached hydrogens (primary N) is 1. The summed E-state index contributed by atoms with van der Waals surface area (Å²) in [7, 11) is 3.72. The number of aromatic nitrogens is 4. The zero-order chi connectivity index (χ0) is 27.2. The SMILES string of the molecule is COc1cc(C(=O)N2C[C@H]3CC[C@@H]2[C@@H]3N)cc2nc(-c3cc4cccnc4n3C)n(CC3CC4(CCCO4)C3)c12. The predicted molar refractivity (Wildman–Crippen MR) is 152 cm³/mol. The molecular weight excluding hydrogens is 504 g/mol. The van der Waals surface area contributed by atoms with E-state index in [1.807, 2.05) is 36.3 Å². The second-order valence-electron chi connectivity index (χ2n) is 12.4. The van der Waals surface area contributed by atoms with Crippen molar-refractivity contribution in [2.45, 2.75) is 62.8 Å². The largest absolute Gasteiger partial charge is 0.494 e. The number of amides is 1. The van der Waals surface area contributed by atoms with Gasteiger partial charge in [0.1, 0.15) is 16.9 Å². The van der Waals surface area contributed by atoms with Gasteiger partial charge in [-0.2, -0.15) is 0 Å². The van der Waals surface area contributed by atoms with E-state index in [0.717, 1.165) is 91.8 Å². The minimum Gasteiger partial charge on any atom is -0.494 e. The number of rotatable bonds is 5. The Balaban J connectivity index is 1.24. The molecular formula is C31H36N6O3. The van der Waals surface area contributed by atoms with Crippen LogP contribution in [-0.2, 0) is 18.3 Å². The first-order chi connectivity index (χ1) is 19.4. The topological polar surface area (TPSA) is 100 Å². The van der Waals surface area contributed by atoms with Crippen molar-refractivity contribution in [2.24, 2.45) is 24.6 Å². The molecule has 3 atom stereocenters. The summed E-state index contributed by atoms with van der Waals surface area (Å²) in [4.78, 5) is 25.5. The fourth-order valence-electron chi connectivity index (χ4n) is 8.16. The average molecular weight is 541 g/mol. The lowest BCUT2D eigenvalue weighted by molar-refractivity contribution is -0.0939. The number of benzene rings is 1. The van der Waals surface area contributed by atoms with Gasteiger partial charge < -0.3 is 29.2 Å². The fourth-order valence-corrected chi connectivity index (χ4v) is 8.16. The molecule has 0 unspecified atom stereocenters. The average Bonchev–Trinajstić information content (AvgIpc) is 3.77. The highest BCUT2D eigenvalue weighted by atomic mass is 16.5. The third-order valence-corrected chi connectivity index (χ3v) is 10.2. The van der Waals surface area contributed by atoms with Crippen molar-refractivity contribution in [3.05, 3.63) is 42.1 Å². The Bertz CT molecular complexity index is 1640. The lowest BCUT2D eigenvalue weighted by Crippen LogP contribution is -2.44. The number of ether oxygens (including phenoxy) is 2. The molecule has 0 radical (unpaired) electrons. The van der Waals surface area contributed by atoms with E-state index in [1.54, 1.807) is 7.11 Å². The van der Waals surface area contributed by atoms with Crippen molar-refractivity contribution in [3.8, 4) is 17.3 Å². The first kappa shape index (κ1) is 24.4. The number of pyridine rings is 1. The van der Waals surface area contributed by atoms with E-state index in [2.05, 4.69) is 26.3 Å². The summed E-state index contributed by atoms with van der Waals surface area (Å²) < 4.78 is 16.5. The van der Waals surface area contributed by atoms with E-state index in [0.29, 0.717) is 23.1 Å². The molecule has 2 aliphatic heterocycles. The molecule has 2 N–H and O–H groups in total. The van der Waals surface area contributed by atoms with Crippen LogP contribution < -0.4 is 10.5 Å². The zero-order valence-electron chi connectivity index (χ0n) is 23.2. The number of fused-ring (bicyclic) bond motifs is 4. The highest BCUT2D eigenvalue weighted by molar-refractivity contribution is 6.00. The maximum absolute atomic E-state index is 13.8. The molecule has 2 aliphatic carbocycles. The third-order valence-electron chi connectivity index (χ3n) is 10.2. The normalized spacial score (nSPS) is 29.2. The minimum absolute atomic E-state index is 0.0204. The van der Waals surface area contributed by atoms with Crippen LogP contribution >= 0.6 is 0 Å². The molecule has 2 saturated heterocycles. The molecule has 1 aromatic carbocycles. The standard InChI is InChI=1S/C31H36N6O3/c1-35-24(12-19-5-3-9-33-28(19)35)29-34-22-11-21(30(38)36-17-20-6-7-23(36)26(20)32)13-25(39-2)27(22)37(29)16-18-14-31(15-18)8-4-10-40-31/h3,5,9,11-13,18,20,23,26H,4,6-8,10,14-17,32H2,1-2H3/t18?,20-,23-,26-,31?/m1/s1. The molecule has 9 heteroatoms. The van der Waals surface area contributed by atoms with Gasteiger partial charge in [0.25, 0.3) is 5.91 Å². The monoisotopic (exact) mass is 540 g/mol. The number of carbonyl (C=O) groups is 1. The Morgan fingerprint density at radius 3 is 2.83 bits per heavy atom. The maximum atomic E-state index is 13.8. The molecule has 1 amide bonds. The Hall–Kier alpha value is -3.43. The third kappa shape index (κ3) is 3.50. The number of likely N-dealkylation sites (tertiary alicyclic amines) is 1. The van der Waals surface area contributed by atoms with E-state index in [-0.39, 0.29) is 23.6 Å². The summed E-state index contributed by atoms with van der Waals surface area (Å²) in [5.74, 6) is 2.46. The van der Waals surface area contributed by atoms with Crippen LogP contribution in [0.4, 0.5) is 0 Å². The Kier molecular flexibility index (Phi) is 5.35. The van der Waals surface area contributed by atoms with Gasteiger partial charge in [0.05, 0.1) is 23.9 Å². The first-order valence-electron chi connectivity index (χ1n) is 14.6. The smallest absolute Gasteiger partial charge is 0.254 e. The number of piperidine rings is 1. The second-order valence-corrected chi connectivity index (χ2v) is 12.4. The van der Waals surface area contributed by atoms with Crippen molar-refractivity contribution in [3.63, 3.8) is 0 Å². The molecule has 9 nitrogen and oxygen atoms in total. The summed E-state index contributed by atoms with van der Waals surface area (Å²) in [5, 5.41) is 1.07. The molecule has 8 rings (SSSR count). The van der Waals surface area contributed by atoms with Crippen molar-refractivity contribution < 1.29 is 14.3 Å². The van der Waals surface area contributed by atoms with Crippen molar-refractivity contribution in [2.75, 3.05) is 20.3 Å². The first-order valence-corrected chi connectivity index (χ1v) is 14.6. The number of methoxy groups -OCH3 is 1. The molecule has 40 heavy (non-hydrogen) atoms. The van der Waals surface area contributed by atoms with Crippen LogP contribution in [0.1, 0.15) is 48.9 Å². The van der Waals surface area contributed by atoms with Gasteiger partial charge >= 0.3 is 0 Å². The molecule has 4 aromatic rings. The Morgan fingerprint density at radius 2 is 2.12 bits per heavy atom. The van der Waals surface area contributed by atoms with Crippen molar-refractivity contribution in [1.29, 1.82) is 0 Å². The van der Waals surface area contributed by atoms with Crippen molar-refractivity contribution >= 4 is 28.0 Å². The van der Waals surface area contributed by atoms with Gasteiger partial charge in [-0.3, -0.25) is 4.79 Å². The van der Waals surface area contributed by atoms with Crippen LogP contribution in [0.15, 0.2) is 36.5 Å². The second kappa shape index (κ2) is 8.78. The van der Waals surface area contributed by atoms with E-state index >= 15 is 0 Å².